The first-order valence-electron chi connectivity index (χ1n) is 12.2. The van der Waals surface area contributed by atoms with Gasteiger partial charge in [-0.15, -0.1) is 0 Å². The SMILES string of the molecule is CC(C=C1C=C(C(C)(C)C)C(=O)C(C(C)(C)C)=C1)c1cc(C(C)(C)C)c(O)c(C(C)(C)C)c1. The van der Waals surface area contributed by atoms with Crippen LogP contribution in [-0.4, -0.2) is 10.9 Å². The molecule has 0 aliphatic heterocycles. The summed E-state index contributed by atoms with van der Waals surface area (Å²) in [5.74, 6) is 0.701. The lowest BCUT2D eigenvalue weighted by Gasteiger charge is -2.32. The van der Waals surface area contributed by atoms with Gasteiger partial charge in [0, 0.05) is 11.1 Å². The van der Waals surface area contributed by atoms with E-state index in [9.17, 15) is 9.90 Å². The number of phenolic OH excluding ortho intramolecular Hbond substituents is 1. The van der Waals surface area contributed by atoms with Gasteiger partial charge in [0.25, 0.3) is 0 Å². The fourth-order valence-electron chi connectivity index (χ4n) is 4.31. The quantitative estimate of drug-likeness (QED) is 0.490. The van der Waals surface area contributed by atoms with Crippen LogP contribution in [0.15, 0.2) is 47.1 Å². The van der Waals surface area contributed by atoms with Crippen LogP contribution in [0.2, 0.25) is 0 Å². The van der Waals surface area contributed by atoms with Gasteiger partial charge in [-0.1, -0.05) is 108 Å². The molecule has 0 bridgehead atoms. The van der Waals surface area contributed by atoms with Gasteiger partial charge in [0.1, 0.15) is 5.75 Å². The van der Waals surface area contributed by atoms with E-state index >= 15 is 0 Å². The zero-order chi connectivity index (χ0) is 25.7. The summed E-state index contributed by atoms with van der Waals surface area (Å²) >= 11 is 0. The Labute approximate surface area is 202 Å². The summed E-state index contributed by atoms with van der Waals surface area (Å²) in [5.41, 5.74) is 5.18. The summed E-state index contributed by atoms with van der Waals surface area (Å²) in [5, 5.41) is 11.1. The maximum absolute atomic E-state index is 13.3. The Bertz CT molecular complexity index is 946. The third kappa shape index (κ3) is 6.08. The van der Waals surface area contributed by atoms with Crippen LogP contribution in [0.4, 0.5) is 0 Å². The van der Waals surface area contributed by atoms with Crippen LogP contribution < -0.4 is 0 Å². The maximum Gasteiger partial charge on any atom is 0.186 e. The van der Waals surface area contributed by atoms with Crippen molar-refractivity contribution in [2.45, 2.75) is 107 Å². The summed E-state index contributed by atoms with van der Waals surface area (Å²) in [6, 6.07) is 4.31. The molecule has 0 saturated carbocycles. The molecule has 0 spiro atoms. The number of allylic oxidation sites excluding steroid dienone is 6. The second kappa shape index (κ2) is 8.60. The van der Waals surface area contributed by atoms with Gasteiger partial charge in [-0.25, -0.2) is 0 Å². The normalized spacial score (nSPS) is 17.0. The molecular formula is C31H46O2. The third-order valence-electron chi connectivity index (χ3n) is 6.44. The summed E-state index contributed by atoms with van der Waals surface area (Å²) in [4.78, 5) is 13.3. The van der Waals surface area contributed by atoms with E-state index in [1.54, 1.807) is 0 Å². The van der Waals surface area contributed by atoms with Crippen molar-refractivity contribution < 1.29 is 9.90 Å². The van der Waals surface area contributed by atoms with Crippen LogP contribution in [0.1, 0.15) is 113 Å². The average molecular weight is 451 g/mol. The van der Waals surface area contributed by atoms with E-state index in [0.717, 1.165) is 27.8 Å². The smallest absolute Gasteiger partial charge is 0.186 e. The van der Waals surface area contributed by atoms with Gasteiger partial charge in [0.05, 0.1) is 0 Å². The minimum atomic E-state index is -0.221. The van der Waals surface area contributed by atoms with Crippen molar-refractivity contribution in [2.75, 3.05) is 0 Å². The summed E-state index contributed by atoms with van der Waals surface area (Å²) in [6.07, 6.45) is 6.41. The first kappa shape index (κ1) is 27.2. The predicted molar refractivity (Wildman–Crippen MR) is 142 cm³/mol. The molecule has 2 rings (SSSR count). The number of ketones is 1. The minimum absolute atomic E-state index is 0.130. The van der Waals surface area contributed by atoms with Crippen molar-refractivity contribution in [3.8, 4) is 5.75 Å². The number of phenols is 1. The summed E-state index contributed by atoms with van der Waals surface area (Å²) < 4.78 is 0. The van der Waals surface area contributed by atoms with Crippen molar-refractivity contribution in [1.82, 2.24) is 0 Å². The highest BCUT2D eigenvalue weighted by atomic mass is 16.3. The largest absolute Gasteiger partial charge is 0.507 e. The topological polar surface area (TPSA) is 37.3 Å². The van der Waals surface area contributed by atoms with Crippen molar-refractivity contribution in [1.29, 1.82) is 0 Å². The number of aromatic hydroxyl groups is 1. The fourth-order valence-corrected chi connectivity index (χ4v) is 4.31. The Kier molecular flexibility index (Phi) is 7.08. The molecule has 0 saturated heterocycles. The highest BCUT2D eigenvalue weighted by Gasteiger charge is 2.34. The number of Topliss-reactive ketones (excluding diaryl/α,β-unsaturated/α-hetero) is 1. The molecule has 0 aromatic heterocycles. The first-order valence-corrected chi connectivity index (χ1v) is 12.2. The number of hydrogen-bond donors (Lipinski definition) is 1. The van der Waals surface area contributed by atoms with E-state index in [4.69, 9.17) is 0 Å². The van der Waals surface area contributed by atoms with E-state index in [2.05, 4.69) is 120 Å². The van der Waals surface area contributed by atoms with Crippen LogP contribution in [-0.2, 0) is 15.6 Å². The lowest BCUT2D eigenvalue weighted by Crippen LogP contribution is -2.28. The van der Waals surface area contributed by atoms with Gasteiger partial charge in [-0.2, -0.15) is 0 Å². The monoisotopic (exact) mass is 450 g/mol. The molecule has 1 aromatic carbocycles. The lowest BCUT2D eigenvalue weighted by molar-refractivity contribution is -0.114. The molecule has 2 nitrogen and oxygen atoms in total. The van der Waals surface area contributed by atoms with E-state index in [0.29, 0.717) is 5.75 Å². The summed E-state index contributed by atoms with van der Waals surface area (Å²) in [7, 11) is 0. The van der Waals surface area contributed by atoms with Crippen LogP contribution in [0.25, 0.3) is 0 Å². The standard InChI is InChI=1S/C31H46O2/c1-19(21-17-24(30(8,9)10)27(33)25(18-21)31(11,12)13)14-20-15-22(28(2,3)4)26(32)23(16-20)29(5,6)7/h14-19,33H,1-13H3. The van der Waals surface area contributed by atoms with Crippen molar-refractivity contribution >= 4 is 5.78 Å². The molecule has 182 valence electrons. The van der Waals surface area contributed by atoms with Crippen molar-refractivity contribution in [2.24, 2.45) is 10.8 Å². The van der Waals surface area contributed by atoms with Gasteiger partial charge < -0.3 is 5.11 Å². The first-order chi connectivity index (χ1) is 14.6. The van der Waals surface area contributed by atoms with Crippen molar-refractivity contribution in [3.05, 3.63) is 63.8 Å². The fraction of sp³-hybridized carbons (Fsp3) is 0.581. The highest BCUT2D eigenvalue weighted by molar-refractivity contribution is 6.11. The second-order valence-electron chi connectivity index (χ2n) is 13.9. The second-order valence-corrected chi connectivity index (χ2v) is 13.9. The molecule has 1 aliphatic rings. The Morgan fingerprint density at radius 1 is 0.697 bits per heavy atom. The Balaban J connectivity index is 2.71. The molecule has 0 amide bonds. The van der Waals surface area contributed by atoms with E-state index in [-0.39, 0.29) is 33.4 Å². The molecule has 0 radical (unpaired) electrons. The van der Waals surface area contributed by atoms with Crippen molar-refractivity contribution in [3.63, 3.8) is 0 Å². The Morgan fingerprint density at radius 3 is 1.36 bits per heavy atom. The van der Waals surface area contributed by atoms with Gasteiger partial charge in [-0.3, -0.25) is 4.79 Å². The van der Waals surface area contributed by atoms with Gasteiger partial charge in [-0.05, 0) is 62.0 Å². The molecule has 1 N–H and O–H groups in total. The zero-order valence-corrected chi connectivity index (χ0v) is 23.3. The average Bonchev–Trinajstić information content (AvgIpc) is 2.59. The Hall–Kier alpha value is -2.09. The highest BCUT2D eigenvalue weighted by Crippen LogP contribution is 2.43. The molecule has 1 aromatic rings. The summed E-state index contributed by atoms with van der Waals surface area (Å²) in [6.45, 7) is 27.7. The third-order valence-corrected chi connectivity index (χ3v) is 6.44. The molecular weight excluding hydrogens is 404 g/mol. The number of benzene rings is 1. The van der Waals surface area contributed by atoms with E-state index < -0.39 is 0 Å². The molecule has 1 unspecified atom stereocenters. The molecule has 1 atom stereocenters. The van der Waals surface area contributed by atoms with E-state index in [1.165, 1.54) is 5.56 Å². The van der Waals surface area contributed by atoms with Crippen LogP contribution in [0.3, 0.4) is 0 Å². The van der Waals surface area contributed by atoms with Gasteiger partial charge in [0.2, 0.25) is 0 Å². The van der Waals surface area contributed by atoms with E-state index in [1.807, 2.05) is 0 Å². The Morgan fingerprint density at radius 2 is 1.06 bits per heavy atom. The molecule has 2 heteroatoms. The lowest BCUT2D eigenvalue weighted by atomic mass is 9.71. The zero-order valence-electron chi connectivity index (χ0n) is 23.3. The van der Waals surface area contributed by atoms with Gasteiger partial charge >= 0.3 is 0 Å². The van der Waals surface area contributed by atoms with Crippen LogP contribution in [0.5, 0.6) is 5.75 Å². The number of carbonyl (C=O) groups excluding carboxylic acids is 1. The number of hydrogen-bond acceptors (Lipinski definition) is 2. The minimum Gasteiger partial charge on any atom is -0.507 e. The molecule has 0 heterocycles. The molecule has 1 aliphatic carbocycles. The predicted octanol–water partition coefficient (Wildman–Crippen LogP) is 8.54. The maximum atomic E-state index is 13.3. The van der Waals surface area contributed by atoms with Gasteiger partial charge in [0.15, 0.2) is 5.78 Å². The molecule has 0 fully saturated rings. The number of rotatable bonds is 2. The molecule has 33 heavy (non-hydrogen) atoms. The number of carbonyl (C=O) groups is 1. The van der Waals surface area contributed by atoms with Crippen LogP contribution >= 0.6 is 0 Å². The van der Waals surface area contributed by atoms with Crippen LogP contribution in [0, 0.1) is 10.8 Å².